The van der Waals surface area contributed by atoms with Crippen LogP contribution in [-0.2, 0) is 9.59 Å². The molecule has 22 heavy (non-hydrogen) atoms. The molecule has 0 aliphatic carbocycles. The van der Waals surface area contributed by atoms with Gasteiger partial charge in [0.25, 0.3) is 5.91 Å². The van der Waals surface area contributed by atoms with E-state index in [4.69, 9.17) is 0 Å². The fourth-order valence-corrected chi connectivity index (χ4v) is 1.80. The van der Waals surface area contributed by atoms with Crippen molar-refractivity contribution in [2.45, 2.75) is 27.2 Å². The Morgan fingerprint density at radius 3 is 2.14 bits per heavy atom. The highest BCUT2D eigenvalue weighted by atomic mass is 16.2. The van der Waals surface area contributed by atoms with Crippen LogP contribution in [0.2, 0.25) is 0 Å². The molecule has 1 aromatic carbocycles. The van der Waals surface area contributed by atoms with Gasteiger partial charge in [-0.05, 0) is 30.2 Å². The van der Waals surface area contributed by atoms with Crippen LogP contribution in [0.3, 0.4) is 0 Å². The summed E-state index contributed by atoms with van der Waals surface area (Å²) in [4.78, 5) is 34.2. The van der Waals surface area contributed by atoms with E-state index in [1.54, 1.807) is 24.3 Å². The number of benzene rings is 1. The van der Waals surface area contributed by atoms with Crippen molar-refractivity contribution in [2.75, 3.05) is 18.4 Å². The van der Waals surface area contributed by atoms with E-state index >= 15 is 0 Å². The molecule has 6 heteroatoms. The molecule has 0 saturated heterocycles. The predicted molar refractivity (Wildman–Crippen MR) is 85.5 cm³/mol. The maximum Gasteiger partial charge on any atom is 0.251 e. The van der Waals surface area contributed by atoms with Crippen LogP contribution >= 0.6 is 0 Å². The Bertz CT molecular complexity index is 524. The smallest absolute Gasteiger partial charge is 0.251 e. The van der Waals surface area contributed by atoms with Gasteiger partial charge in [-0.2, -0.15) is 0 Å². The second-order valence-corrected chi connectivity index (χ2v) is 5.46. The molecule has 0 aromatic heterocycles. The van der Waals surface area contributed by atoms with Crippen molar-refractivity contribution < 1.29 is 14.4 Å². The molecular formula is C16H23N3O3. The third-order valence-corrected chi connectivity index (χ3v) is 2.81. The maximum absolute atomic E-state index is 11.9. The lowest BCUT2D eigenvalue weighted by Gasteiger charge is -2.09. The zero-order valence-electron chi connectivity index (χ0n) is 13.2. The van der Waals surface area contributed by atoms with Gasteiger partial charge in [0.1, 0.15) is 0 Å². The van der Waals surface area contributed by atoms with Gasteiger partial charge < -0.3 is 16.0 Å². The van der Waals surface area contributed by atoms with Gasteiger partial charge in [0.15, 0.2) is 0 Å². The largest absolute Gasteiger partial charge is 0.355 e. The van der Waals surface area contributed by atoms with Crippen molar-refractivity contribution in [3.63, 3.8) is 0 Å². The minimum absolute atomic E-state index is 0.0393. The van der Waals surface area contributed by atoms with Crippen molar-refractivity contribution in [3.8, 4) is 0 Å². The third kappa shape index (κ3) is 6.88. The summed E-state index contributed by atoms with van der Waals surface area (Å²) < 4.78 is 0. The van der Waals surface area contributed by atoms with E-state index in [0.29, 0.717) is 36.7 Å². The summed E-state index contributed by atoms with van der Waals surface area (Å²) >= 11 is 0. The number of hydrogen-bond acceptors (Lipinski definition) is 3. The topological polar surface area (TPSA) is 87.3 Å². The van der Waals surface area contributed by atoms with Crippen LogP contribution < -0.4 is 16.0 Å². The van der Waals surface area contributed by atoms with Crippen molar-refractivity contribution in [1.29, 1.82) is 0 Å². The van der Waals surface area contributed by atoms with E-state index in [1.807, 2.05) is 13.8 Å². The summed E-state index contributed by atoms with van der Waals surface area (Å²) in [5.41, 5.74) is 1.17. The summed E-state index contributed by atoms with van der Waals surface area (Å²) in [5, 5.41) is 8.08. The Kier molecular flexibility index (Phi) is 7.08. The van der Waals surface area contributed by atoms with E-state index in [0.717, 1.165) is 0 Å². The normalized spacial score (nSPS) is 10.2. The Labute approximate surface area is 130 Å². The molecular weight excluding hydrogens is 282 g/mol. The van der Waals surface area contributed by atoms with Crippen LogP contribution in [0.5, 0.6) is 0 Å². The molecule has 1 aromatic rings. The number of carbonyl (C=O) groups excluding carboxylic acids is 3. The number of anilines is 1. The van der Waals surface area contributed by atoms with Crippen molar-refractivity contribution in [2.24, 2.45) is 5.92 Å². The van der Waals surface area contributed by atoms with Crippen LogP contribution in [0, 0.1) is 5.92 Å². The lowest BCUT2D eigenvalue weighted by molar-refractivity contribution is -0.119. The Hall–Kier alpha value is -2.37. The van der Waals surface area contributed by atoms with E-state index in [9.17, 15) is 14.4 Å². The number of rotatable bonds is 7. The van der Waals surface area contributed by atoms with Crippen LogP contribution in [0.15, 0.2) is 24.3 Å². The Balaban J connectivity index is 2.45. The fourth-order valence-electron chi connectivity index (χ4n) is 1.80. The Morgan fingerprint density at radius 1 is 1.00 bits per heavy atom. The molecule has 0 radical (unpaired) electrons. The average Bonchev–Trinajstić information content (AvgIpc) is 2.43. The molecule has 3 amide bonds. The SMILES string of the molecule is CC(=O)NCCNC(=O)c1ccc(NC(=O)CC(C)C)cc1. The van der Waals surface area contributed by atoms with Gasteiger partial charge in [-0.3, -0.25) is 14.4 Å². The zero-order chi connectivity index (χ0) is 16.5. The minimum atomic E-state index is -0.217. The molecule has 120 valence electrons. The summed E-state index contributed by atoms with van der Waals surface area (Å²) in [5.74, 6) is -0.0858. The highest BCUT2D eigenvalue weighted by Crippen LogP contribution is 2.11. The van der Waals surface area contributed by atoms with Gasteiger partial charge in [-0.25, -0.2) is 0 Å². The van der Waals surface area contributed by atoms with Crippen LogP contribution in [0.25, 0.3) is 0 Å². The van der Waals surface area contributed by atoms with Gasteiger partial charge in [-0.15, -0.1) is 0 Å². The Morgan fingerprint density at radius 2 is 1.59 bits per heavy atom. The third-order valence-electron chi connectivity index (χ3n) is 2.81. The lowest BCUT2D eigenvalue weighted by Crippen LogP contribution is -2.33. The molecule has 0 saturated carbocycles. The van der Waals surface area contributed by atoms with Crippen LogP contribution in [0.1, 0.15) is 37.6 Å². The summed E-state index contributed by atoms with van der Waals surface area (Å²) in [7, 11) is 0. The molecule has 0 heterocycles. The molecule has 0 fully saturated rings. The number of amides is 3. The number of carbonyl (C=O) groups is 3. The van der Waals surface area contributed by atoms with Crippen LogP contribution in [-0.4, -0.2) is 30.8 Å². The highest BCUT2D eigenvalue weighted by Gasteiger charge is 2.07. The van der Waals surface area contributed by atoms with Crippen molar-refractivity contribution in [1.82, 2.24) is 10.6 Å². The van der Waals surface area contributed by atoms with E-state index < -0.39 is 0 Å². The van der Waals surface area contributed by atoms with Crippen molar-refractivity contribution in [3.05, 3.63) is 29.8 Å². The molecule has 0 spiro atoms. The summed E-state index contributed by atoms with van der Waals surface area (Å²) in [6.07, 6.45) is 0.464. The van der Waals surface area contributed by atoms with E-state index in [-0.39, 0.29) is 17.7 Å². The zero-order valence-corrected chi connectivity index (χ0v) is 13.2. The first-order valence-electron chi connectivity index (χ1n) is 7.31. The van der Waals surface area contributed by atoms with Gasteiger partial charge in [0, 0.05) is 37.7 Å². The standard InChI is InChI=1S/C16H23N3O3/c1-11(2)10-15(21)19-14-6-4-13(5-7-14)16(22)18-9-8-17-12(3)20/h4-7,11H,8-10H2,1-3H3,(H,17,20)(H,18,22)(H,19,21). The maximum atomic E-state index is 11.9. The molecule has 0 bridgehead atoms. The highest BCUT2D eigenvalue weighted by molar-refractivity contribution is 5.95. The lowest BCUT2D eigenvalue weighted by atomic mass is 10.1. The van der Waals surface area contributed by atoms with Gasteiger partial charge >= 0.3 is 0 Å². The first-order chi connectivity index (χ1) is 10.4. The van der Waals surface area contributed by atoms with Crippen LogP contribution in [0.4, 0.5) is 5.69 Å². The monoisotopic (exact) mass is 305 g/mol. The summed E-state index contributed by atoms with van der Waals surface area (Å²) in [6.45, 7) is 6.14. The van der Waals surface area contributed by atoms with Gasteiger partial charge in [-0.1, -0.05) is 13.8 Å². The van der Waals surface area contributed by atoms with Crippen molar-refractivity contribution >= 4 is 23.4 Å². The second-order valence-electron chi connectivity index (χ2n) is 5.46. The summed E-state index contributed by atoms with van der Waals surface area (Å²) in [6, 6.07) is 6.69. The number of nitrogens with one attached hydrogen (secondary N) is 3. The molecule has 0 atom stereocenters. The second kappa shape index (κ2) is 8.81. The minimum Gasteiger partial charge on any atom is -0.355 e. The molecule has 0 aliphatic rings. The predicted octanol–water partition coefficient (Wildman–Crippen LogP) is 1.54. The first kappa shape index (κ1) is 17.7. The molecule has 0 aliphatic heterocycles. The molecule has 6 nitrogen and oxygen atoms in total. The fraction of sp³-hybridized carbons (Fsp3) is 0.438. The molecule has 1 rings (SSSR count). The van der Waals surface area contributed by atoms with E-state index in [2.05, 4.69) is 16.0 Å². The molecule has 3 N–H and O–H groups in total. The van der Waals surface area contributed by atoms with E-state index in [1.165, 1.54) is 6.92 Å². The van der Waals surface area contributed by atoms with Gasteiger partial charge in [0.05, 0.1) is 0 Å². The quantitative estimate of drug-likeness (QED) is 0.668. The average molecular weight is 305 g/mol. The van der Waals surface area contributed by atoms with Gasteiger partial charge in [0.2, 0.25) is 11.8 Å². The molecule has 0 unspecified atom stereocenters. The number of hydrogen-bond donors (Lipinski definition) is 3. The first-order valence-corrected chi connectivity index (χ1v) is 7.31.